The molecule has 1 aliphatic rings. The molecule has 15 heavy (non-hydrogen) atoms. The van der Waals surface area contributed by atoms with Gasteiger partial charge >= 0.3 is 0 Å². The van der Waals surface area contributed by atoms with Gasteiger partial charge in [-0.15, -0.1) is 0 Å². The molecule has 1 aliphatic heterocycles. The molecule has 5 heteroatoms. The molecule has 0 saturated carbocycles. The topological polar surface area (TPSA) is 39.9 Å². The van der Waals surface area contributed by atoms with E-state index in [1.165, 1.54) is 0 Å². The van der Waals surface area contributed by atoms with Crippen molar-refractivity contribution in [2.75, 3.05) is 13.2 Å². The Morgan fingerprint density at radius 2 is 2.40 bits per heavy atom. The van der Waals surface area contributed by atoms with Gasteiger partial charge in [0.25, 0.3) is 0 Å². The number of nitrogens with zero attached hydrogens (tertiary/aromatic N) is 3. The monoisotopic (exact) mass is 223 g/mol. The standard InChI is InChI=1S/C10H10ClN3O/c11-10-3-9-8(4-12-10)13-6-14(9)7-1-2-15-5-7/h3-4,6-7H,1-2,5H2/t7-/m0/s1. The molecule has 1 fully saturated rings. The fourth-order valence-corrected chi connectivity index (χ4v) is 2.09. The molecular weight excluding hydrogens is 214 g/mol. The number of ether oxygens (including phenoxy) is 1. The van der Waals surface area contributed by atoms with Crippen LogP contribution >= 0.6 is 11.6 Å². The van der Waals surface area contributed by atoms with Crippen LogP contribution < -0.4 is 0 Å². The highest BCUT2D eigenvalue weighted by atomic mass is 35.5. The van der Waals surface area contributed by atoms with Crippen molar-refractivity contribution in [3.63, 3.8) is 0 Å². The zero-order valence-corrected chi connectivity index (χ0v) is 8.81. The van der Waals surface area contributed by atoms with Crippen molar-refractivity contribution >= 4 is 22.6 Å². The van der Waals surface area contributed by atoms with E-state index in [4.69, 9.17) is 16.3 Å². The molecule has 0 spiro atoms. The van der Waals surface area contributed by atoms with Gasteiger partial charge in [0.2, 0.25) is 0 Å². The van der Waals surface area contributed by atoms with Gasteiger partial charge in [0.15, 0.2) is 0 Å². The maximum absolute atomic E-state index is 5.87. The number of hydrogen-bond acceptors (Lipinski definition) is 3. The number of rotatable bonds is 1. The highest BCUT2D eigenvalue weighted by molar-refractivity contribution is 6.29. The van der Waals surface area contributed by atoms with Gasteiger partial charge in [-0.2, -0.15) is 0 Å². The summed E-state index contributed by atoms with van der Waals surface area (Å²) < 4.78 is 7.48. The minimum Gasteiger partial charge on any atom is -0.379 e. The first-order chi connectivity index (χ1) is 7.34. The Balaban J connectivity index is 2.13. The third-order valence-electron chi connectivity index (χ3n) is 2.73. The summed E-state index contributed by atoms with van der Waals surface area (Å²) in [6.45, 7) is 1.58. The molecule has 0 N–H and O–H groups in total. The lowest BCUT2D eigenvalue weighted by Gasteiger charge is -2.10. The lowest BCUT2D eigenvalue weighted by Crippen LogP contribution is -2.06. The van der Waals surface area contributed by atoms with E-state index in [-0.39, 0.29) is 0 Å². The van der Waals surface area contributed by atoms with Crippen LogP contribution in [0.1, 0.15) is 12.5 Å². The van der Waals surface area contributed by atoms with Gasteiger partial charge in [0, 0.05) is 12.7 Å². The zero-order valence-electron chi connectivity index (χ0n) is 8.06. The van der Waals surface area contributed by atoms with Crippen LogP contribution in [-0.2, 0) is 4.74 Å². The van der Waals surface area contributed by atoms with Crippen molar-refractivity contribution in [3.8, 4) is 0 Å². The average molecular weight is 224 g/mol. The van der Waals surface area contributed by atoms with E-state index < -0.39 is 0 Å². The fraction of sp³-hybridized carbons (Fsp3) is 0.400. The third-order valence-corrected chi connectivity index (χ3v) is 2.93. The summed E-state index contributed by atoms with van der Waals surface area (Å²) in [5, 5.41) is 0.503. The molecule has 3 rings (SSSR count). The smallest absolute Gasteiger partial charge is 0.131 e. The van der Waals surface area contributed by atoms with Gasteiger partial charge in [-0.1, -0.05) is 11.6 Å². The molecule has 1 saturated heterocycles. The second-order valence-electron chi connectivity index (χ2n) is 3.66. The predicted molar refractivity (Wildman–Crippen MR) is 57.0 cm³/mol. The van der Waals surface area contributed by atoms with E-state index in [9.17, 15) is 0 Å². The second-order valence-corrected chi connectivity index (χ2v) is 4.05. The Morgan fingerprint density at radius 1 is 1.47 bits per heavy atom. The van der Waals surface area contributed by atoms with Gasteiger partial charge in [-0.25, -0.2) is 9.97 Å². The molecule has 0 bridgehead atoms. The molecule has 0 radical (unpaired) electrons. The van der Waals surface area contributed by atoms with E-state index in [0.717, 1.165) is 30.7 Å². The molecule has 0 aliphatic carbocycles. The maximum atomic E-state index is 5.87. The summed E-state index contributed by atoms with van der Waals surface area (Å²) >= 11 is 5.87. The van der Waals surface area contributed by atoms with Crippen molar-refractivity contribution in [2.24, 2.45) is 0 Å². The van der Waals surface area contributed by atoms with Crippen molar-refractivity contribution < 1.29 is 4.74 Å². The second kappa shape index (κ2) is 3.47. The first kappa shape index (κ1) is 9.12. The van der Waals surface area contributed by atoms with Crippen LogP contribution in [0.5, 0.6) is 0 Å². The lowest BCUT2D eigenvalue weighted by atomic mass is 10.2. The molecule has 1 atom stereocenters. The summed E-state index contributed by atoms with van der Waals surface area (Å²) in [4.78, 5) is 8.30. The average Bonchev–Trinajstić information content (AvgIpc) is 2.83. The summed E-state index contributed by atoms with van der Waals surface area (Å²) in [6.07, 6.45) is 4.57. The van der Waals surface area contributed by atoms with Gasteiger partial charge in [-0.3, -0.25) is 0 Å². The summed E-state index contributed by atoms with van der Waals surface area (Å²) in [5.74, 6) is 0. The molecule has 0 aromatic carbocycles. The van der Waals surface area contributed by atoms with Crippen LogP contribution in [-0.4, -0.2) is 27.7 Å². The SMILES string of the molecule is Clc1cc2c(cn1)ncn2[C@H]1CCOC1. The molecule has 78 valence electrons. The van der Waals surface area contributed by atoms with Crippen LogP contribution in [0.15, 0.2) is 18.6 Å². The largest absolute Gasteiger partial charge is 0.379 e. The molecule has 3 heterocycles. The summed E-state index contributed by atoms with van der Waals surface area (Å²) in [7, 11) is 0. The van der Waals surface area contributed by atoms with Crippen molar-refractivity contribution in [1.29, 1.82) is 0 Å². The highest BCUT2D eigenvalue weighted by Gasteiger charge is 2.19. The maximum Gasteiger partial charge on any atom is 0.131 e. The minimum atomic E-state index is 0.383. The number of hydrogen-bond donors (Lipinski definition) is 0. The number of aromatic nitrogens is 3. The molecule has 2 aromatic rings. The van der Waals surface area contributed by atoms with E-state index in [2.05, 4.69) is 14.5 Å². The zero-order chi connectivity index (χ0) is 10.3. The number of pyridine rings is 1. The van der Waals surface area contributed by atoms with E-state index in [1.807, 2.05) is 12.4 Å². The van der Waals surface area contributed by atoms with Crippen molar-refractivity contribution in [2.45, 2.75) is 12.5 Å². The number of halogens is 1. The molecular formula is C10H10ClN3O. The Morgan fingerprint density at radius 3 is 3.20 bits per heavy atom. The molecule has 0 amide bonds. The van der Waals surface area contributed by atoms with Crippen LogP contribution in [0.2, 0.25) is 5.15 Å². The van der Waals surface area contributed by atoms with E-state index >= 15 is 0 Å². The Labute approximate surface area is 91.8 Å². The Bertz CT molecular complexity index is 490. The fourth-order valence-electron chi connectivity index (χ4n) is 1.94. The molecule has 2 aromatic heterocycles. The molecule has 4 nitrogen and oxygen atoms in total. The van der Waals surface area contributed by atoms with Crippen LogP contribution in [0.4, 0.5) is 0 Å². The Kier molecular flexibility index (Phi) is 2.11. The van der Waals surface area contributed by atoms with Gasteiger partial charge in [0.05, 0.1) is 30.7 Å². The van der Waals surface area contributed by atoms with Crippen LogP contribution in [0, 0.1) is 0 Å². The first-order valence-electron chi connectivity index (χ1n) is 4.90. The lowest BCUT2D eigenvalue weighted by molar-refractivity contribution is 0.187. The van der Waals surface area contributed by atoms with E-state index in [0.29, 0.717) is 11.2 Å². The first-order valence-corrected chi connectivity index (χ1v) is 5.28. The van der Waals surface area contributed by atoms with Gasteiger partial charge in [-0.05, 0) is 6.42 Å². The normalized spacial score (nSPS) is 21.3. The summed E-state index contributed by atoms with van der Waals surface area (Å²) in [5.41, 5.74) is 1.91. The summed E-state index contributed by atoms with van der Waals surface area (Å²) in [6, 6.07) is 2.23. The van der Waals surface area contributed by atoms with E-state index in [1.54, 1.807) is 6.20 Å². The van der Waals surface area contributed by atoms with Gasteiger partial charge < -0.3 is 9.30 Å². The van der Waals surface area contributed by atoms with Gasteiger partial charge in [0.1, 0.15) is 10.7 Å². The van der Waals surface area contributed by atoms with Crippen LogP contribution in [0.25, 0.3) is 11.0 Å². The van der Waals surface area contributed by atoms with Crippen molar-refractivity contribution in [1.82, 2.24) is 14.5 Å². The predicted octanol–water partition coefficient (Wildman–Crippen LogP) is 2.05. The number of imidazole rings is 1. The Hall–Kier alpha value is -1.13. The third kappa shape index (κ3) is 1.50. The van der Waals surface area contributed by atoms with Crippen molar-refractivity contribution in [3.05, 3.63) is 23.7 Å². The highest BCUT2D eigenvalue weighted by Crippen LogP contribution is 2.24. The quantitative estimate of drug-likeness (QED) is 0.695. The van der Waals surface area contributed by atoms with Crippen LogP contribution in [0.3, 0.4) is 0 Å². The molecule has 0 unspecified atom stereocenters. The minimum absolute atomic E-state index is 0.383. The number of fused-ring (bicyclic) bond motifs is 1.